The average molecular weight is 485 g/mol. The van der Waals surface area contributed by atoms with Gasteiger partial charge in [0.05, 0.1) is 39.6 Å². The van der Waals surface area contributed by atoms with Crippen LogP contribution in [0.15, 0.2) is 30.6 Å². The molecule has 0 bridgehead atoms. The van der Waals surface area contributed by atoms with Crippen LogP contribution >= 0.6 is 23.2 Å². The standard InChI is InChI=1S/C22H31Cl2N3O3Si/c1-22(2,3)31(4,5)30-20-9-7-11-27(21(28)29)18(20)8-6-10-26-14-25-17-12-15(23)16(24)13-19(17)26/h6,8,12-14,18,20H,7,9-11H2,1-5H3,(H,28,29)/b8-6+/t18-,20+/m1/s1. The monoisotopic (exact) mass is 483 g/mol. The molecule has 0 saturated carbocycles. The number of benzene rings is 1. The summed E-state index contributed by atoms with van der Waals surface area (Å²) < 4.78 is 8.62. The first kappa shape index (κ1) is 24.1. The summed E-state index contributed by atoms with van der Waals surface area (Å²) in [5, 5.41) is 10.8. The summed E-state index contributed by atoms with van der Waals surface area (Å²) in [4.78, 5) is 17.8. The Balaban J connectivity index is 1.83. The van der Waals surface area contributed by atoms with Crippen LogP contribution in [0.4, 0.5) is 4.79 Å². The van der Waals surface area contributed by atoms with Gasteiger partial charge in [0, 0.05) is 13.1 Å². The van der Waals surface area contributed by atoms with E-state index in [-0.39, 0.29) is 17.2 Å². The van der Waals surface area contributed by atoms with Crippen LogP contribution in [0, 0.1) is 0 Å². The van der Waals surface area contributed by atoms with Gasteiger partial charge in [-0.2, -0.15) is 0 Å². The minimum absolute atomic E-state index is 0.0586. The smallest absolute Gasteiger partial charge is 0.407 e. The van der Waals surface area contributed by atoms with Crippen molar-refractivity contribution in [3.05, 3.63) is 40.7 Å². The van der Waals surface area contributed by atoms with E-state index in [9.17, 15) is 9.90 Å². The zero-order valence-corrected chi connectivity index (χ0v) is 21.2. The van der Waals surface area contributed by atoms with Crippen LogP contribution in [-0.2, 0) is 11.0 Å². The fraction of sp³-hybridized carbons (Fsp3) is 0.545. The first-order chi connectivity index (χ1) is 14.4. The summed E-state index contributed by atoms with van der Waals surface area (Å²) in [5.74, 6) is 0. The van der Waals surface area contributed by atoms with Gasteiger partial charge in [-0.3, -0.25) is 4.90 Å². The van der Waals surface area contributed by atoms with Crippen LogP contribution in [0.1, 0.15) is 33.6 Å². The number of fused-ring (bicyclic) bond motifs is 1. The topological polar surface area (TPSA) is 67.6 Å². The molecule has 1 aliphatic heterocycles. The molecule has 0 spiro atoms. The minimum atomic E-state index is -2.03. The molecule has 1 amide bonds. The second-order valence-electron chi connectivity index (χ2n) is 9.61. The Morgan fingerprint density at radius 3 is 2.65 bits per heavy atom. The summed E-state index contributed by atoms with van der Waals surface area (Å²) in [5.41, 5.74) is 1.65. The van der Waals surface area contributed by atoms with E-state index in [1.807, 2.05) is 16.7 Å². The molecule has 1 fully saturated rings. The number of aromatic nitrogens is 2. The molecule has 0 aliphatic carbocycles. The van der Waals surface area contributed by atoms with Gasteiger partial charge in [0.1, 0.15) is 0 Å². The second kappa shape index (κ2) is 9.14. The molecule has 2 heterocycles. The lowest BCUT2D eigenvalue weighted by Crippen LogP contribution is -2.55. The van der Waals surface area contributed by atoms with Gasteiger partial charge in [-0.25, -0.2) is 9.78 Å². The molecule has 2 atom stereocenters. The number of hydrogen-bond acceptors (Lipinski definition) is 3. The predicted molar refractivity (Wildman–Crippen MR) is 129 cm³/mol. The maximum Gasteiger partial charge on any atom is 0.407 e. The van der Waals surface area contributed by atoms with Crippen molar-refractivity contribution in [2.45, 2.75) is 70.4 Å². The fourth-order valence-corrected chi connectivity index (χ4v) is 5.31. The van der Waals surface area contributed by atoms with Crippen LogP contribution in [-0.4, -0.2) is 52.7 Å². The number of halogens is 2. The van der Waals surface area contributed by atoms with Gasteiger partial charge < -0.3 is 14.1 Å². The lowest BCUT2D eigenvalue weighted by Gasteiger charge is -2.45. The molecule has 31 heavy (non-hydrogen) atoms. The number of piperidine rings is 1. The molecule has 1 aromatic heterocycles. The molecule has 1 aromatic carbocycles. The third kappa shape index (κ3) is 5.27. The number of imidazole rings is 1. The van der Waals surface area contributed by atoms with E-state index >= 15 is 0 Å². The molecule has 0 radical (unpaired) electrons. The number of carbonyl (C=O) groups is 1. The van der Waals surface area contributed by atoms with Crippen LogP contribution in [0.2, 0.25) is 28.2 Å². The van der Waals surface area contributed by atoms with Crippen LogP contribution in [0.5, 0.6) is 0 Å². The van der Waals surface area contributed by atoms with E-state index in [1.54, 1.807) is 18.5 Å². The zero-order chi connectivity index (χ0) is 23.0. The highest BCUT2D eigenvalue weighted by Gasteiger charge is 2.43. The molecule has 2 aromatic rings. The van der Waals surface area contributed by atoms with Crippen molar-refractivity contribution in [2.24, 2.45) is 0 Å². The Labute approximate surface area is 194 Å². The van der Waals surface area contributed by atoms with E-state index < -0.39 is 14.4 Å². The summed E-state index contributed by atoms with van der Waals surface area (Å²) in [6.45, 7) is 12.1. The lowest BCUT2D eigenvalue weighted by atomic mass is 9.99. The first-order valence-corrected chi connectivity index (χ1v) is 14.2. The highest BCUT2D eigenvalue weighted by molar-refractivity contribution is 6.74. The van der Waals surface area contributed by atoms with Gasteiger partial charge in [0.15, 0.2) is 8.32 Å². The van der Waals surface area contributed by atoms with E-state index in [2.05, 4.69) is 38.8 Å². The number of hydrogen-bond donors (Lipinski definition) is 1. The Bertz CT molecular complexity index is 984. The normalized spacial score (nSPS) is 20.7. The summed E-state index contributed by atoms with van der Waals surface area (Å²) >= 11 is 12.3. The molecule has 1 aliphatic rings. The Hall–Kier alpha value is -1.54. The average Bonchev–Trinajstić information content (AvgIpc) is 3.03. The summed E-state index contributed by atoms with van der Waals surface area (Å²) in [7, 11) is -2.03. The van der Waals surface area contributed by atoms with Gasteiger partial charge in [-0.05, 0) is 43.1 Å². The first-order valence-electron chi connectivity index (χ1n) is 10.5. The molecule has 0 unspecified atom stereocenters. The number of allylic oxidation sites excluding steroid dienone is 1. The van der Waals surface area contributed by atoms with E-state index in [4.69, 9.17) is 27.6 Å². The van der Waals surface area contributed by atoms with Crippen molar-refractivity contribution in [2.75, 3.05) is 6.54 Å². The van der Waals surface area contributed by atoms with E-state index in [0.29, 0.717) is 23.1 Å². The lowest BCUT2D eigenvalue weighted by molar-refractivity contribution is 0.0421. The molecule has 1 saturated heterocycles. The van der Waals surface area contributed by atoms with E-state index in [1.165, 1.54) is 4.90 Å². The molecular formula is C22H31Cl2N3O3Si. The summed E-state index contributed by atoms with van der Waals surface area (Å²) in [6.07, 6.45) is 6.30. The summed E-state index contributed by atoms with van der Waals surface area (Å²) in [6, 6.07) is 3.23. The quantitative estimate of drug-likeness (QED) is 0.392. The van der Waals surface area contributed by atoms with Gasteiger partial charge in [0.2, 0.25) is 0 Å². The fourth-order valence-electron chi connectivity index (χ4n) is 3.63. The van der Waals surface area contributed by atoms with Gasteiger partial charge in [-0.15, -0.1) is 0 Å². The minimum Gasteiger partial charge on any atom is -0.465 e. The van der Waals surface area contributed by atoms with Gasteiger partial charge in [0.25, 0.3) is 0 Å². The zero-order valence-electron chi connectivity index (χ0n) is 18.7. The number of likely N-dealkylation sites (tertiary alicyclic amines) is 1. The third-order valence-electron chi connectivity index (χ3n) is 6.42. The van der Waals surface area contributed by atoms with Crippen molar-refractivity contribution in [3.63, 3.8) is 0 Å². The molecule has 170 valence electrons. The number of rotatable bonds is 5. The Morgan fingerprint density at radius 2 is 2.00 bits per heavy atom. The maximum atomic E-state index is 11.9. The van der Waals surface area contributed by atoms with Crippen LogP contribution in [0.25, 0.3) is 11.0 Å². The Kier molecular flexibility index (Phi) is 7.10. The Morgan fingerprint density at radius 1 is 1.32 bits per heavy atom. The molecule has 3 rings (SSSR count). The maximum absolute atomic E-state index is 11.9. The van der Waals surface area contributed by atoms with E-state index in [0.717, 1.165) is 23.9 Å². The molecule has 9 heteroatoms. The number of amides is 1. The number of carboxylic acid groups (broad SMARTS) is 1. The highest BCUT2D eigenvalue weighted by Crippen LogP contribution is 2.39. The number of nitrogens with zero attached hydrogens (tertiary/aromatic N) is 3. The van der Waals surface area contributed by atoms with Crippen LogP contribution < -0.4 is 0 Å². The van der Waals surface area contributed by atoms with Crippen molar-refractivity contribution in [1.82, 2.24) is 14.5 Å². The second-order valence-corrected chi connectivity index (χ2v) is 15.2. The molecule has 6 nitrogen and oxygen atoms in total. The van der Waals surface area contributed by atoms with Crippen molar-refractivity contribution >= 4 is 48.6 Å². The van der Waals surface area contributed by atoms with Crippen molar-refractivity contribution in [3.8, 4) is 0 Å². The van der Waals surface area contributed by atoms with Crippen LogP contribution in [0.3, 0.4) is 0 Å². The highest BCUT2D eigenvalue weighted by atomic mass is 35.5. The SMILES string of the molecule is CC(C)(C)[Si](C)(C)O[C@H]1CCCN(C(=O)O)[C@@H]1/C=C/Cn1cnc2cc(Cl)c(Cl)cc21. The van der Waals surface area contributed by atoms with Crippen molar-refractivity contribution in [1.29, 1.82) is 0 Å². The van der Waals surface area contributed by atoms with Crippen molar-refractivity contribution < 1.29 is 14.3 Å². The van der Waals surface area contributed by atoms with Gasteiger partial charge in [-0.1, -0.05) is 56.1 Å². The third-order valence-corrected chi connectivity index (χ3v) is 11.7. The van der Waals surface area contributed by atoms with Gasteiger partial charge >= 0.3 is 6.09 Å². The molecular weight excluding hydrogens is 453 g/mol. The molecule has 1 N–H and O–H groups in total. The largest absolute Gasteiger partial charge is 0.465 e. The predicted octanol–water partition coefficient (Wildman–Crippen LogP) is 6.43.